The fourth-order valence-corrected chi connectivity index (χ4v) is 3.28. The minimum absolute atomic E-state index is 0. The number of hydrogen-bond donors (Lipinski definition) is 0. The van der Waals surface area contributed by atoms with Crippen molar-refractivity contribution >= 4 is 26.8 Å². The first-order valence-electron chi connectivity index (χ1n) is 7.26. The van der Waals surface area contributed by atoms with Crippen LogP contribution in [0.1, 0.15) is 25.8 Å². The van der Waals surface area contributed by atoms with E-state index in [2.05, 4.69) is 0 Å². The number of benzene rings is 1. The zero-order valence-electron chi connectivity index (χ0n) is 15.0. The molecule has 0 radical (unpaired) electrons. The molecule has 26 heavy (non-hydrogen) atoms. The number of ether oxygens (including phenoxy) is 1. The van der Waals surface area contributed by atoms with E-state index in [1.165, 1.54) is 13.8 Å². The fourth-order valence-electron chi connectivity index (χ4n) is 1.63. The van der Waals surface area contributed by atoms with Crippen molar-refractivity contribution in [1.29, 1.82) is 0 Å². The number of carbonyl (C=O) groups excluding carboxylic acids is 1. The van der Waals surface area contributed by atoms with Gasteiger partial charge in [-0.05, 0) is 19.4 Å². The zero-order valence-corrected chi connectivity index (χ0v) is 18.7. The van der Waals surface area contributed by atoms with Crippen LogP contribution in [0.15, 0.2) is 30.3 Å². The predicted molar refractivity (Wildman–Crippen MR) is 89.9 cm³/mol. The van der Waals surface area contributed by atoms with E-state index in [0.29, 0.717) is 0 Å². The maximum absolute atomic E-state index is 12.1. The molecular weight excluding hydrogens is 395 g/mol. The van der Waals surface area contributed by atoms with Crippen molar-refractivity contribution in [2.45, 2.75) is 26.9 Å². The van der Waals surface area contributed by atoms with Gasteiger partial charge in [0.2, 0.25) is 0 Å². The molecule has 1 rings (SSSR count). The summed E-state index contributed by atoms with van der Waals surface area (Å²) in [6.45, 7) is 2.75. The number of rotatable bonds is 10. The topological polar surface area (TPSA) is 134 Å². The largest absolute Gasteiger partial charge is 1.00 e. The molecule has 0 bridgehead atoms. The Hall–Kier alpha value is -0.490. The molecule has 8 nitrogen and oxygen atoms in total. The normalized spacial score (nSPS) is 11.3. The van der Waals surface area contributed by atoms with Crippen molar-refractivity contribution in [3.63, 3.8) is 0 Å². The van der Waals surface area contributed by atoms with Gasteiger partial charge in [-0.2, -0.15) is 8.42 Å². The summed E-state index contributed by atoms with van der Waals surface area (Å²) in [4.78, 5) is 12.1. The molecule has 0 aromatic heterocycles. The number of hydrogen-bond acceptors (Lipinski definition) is 9. The zero-order chi connectivity index (χ0) is 18.2. The Bertz CT molecular complexity index is 706. The quantitative estimate of drug-likeness (QED) is 0.197. The molecule has 1 aromatic carbocycles. The summed E-state index contributed by atoms with van der Waals surface area (Å²) in [6, 6.07) is 9.09. The molecule has 0 atom stereocenters. The second-order valence-corrected chi connectivity index (χ2v) is 8.61. The first-order chi connectivity index (χ1) is 11.1. The molecule has 0 saturated carbocycles. The molecule has 0 spiro atoms. The van der Waals surface area contributed by atoms with E-state index >= 15 is 0 Å². The van der Waals surface area contributed by atoms with Gasteiger partial charge in [0.05, 0.1) is 17.8 Å². The van der Waals surface area contributed by atoms with Crippen LogP contribution in [0.25, 0.3) is 0 Å². The Morgan fingerprint density at radius 1 is 1.15 bits per heavy atom. The number of carbonyl (C=O) groups is 1. The van der Waals surface area contributed by atoms with Crippen LogP contribution < -0.4 is 29.6 Å². The Balaban J connectivity index is 0. The maximum Gasteiger partial charge on any atom is 1.00 e. The van der Waals surface area contributed by atoms with Crippen LogP contribution >= 0.6 is 0 Å². The van der Waals surface area contributed by atoms with Gasteiger partial charge in [-0.3, -0.25) is 8.98 Å². The van der Waals surface area contributed by atoms with Crippen LogP contribution in [0, 0.1) is 5.41 Å². The summed E-state index contributed by atoms with van der Waals surface area (Å²) in [7, 11) is -6.19. The second-order valence-electron chi connectivity index (χ2n) is 5.83. The van der Waals surface area contributed by atoms with E-state index in [4.69, 9.17) is 8.92 Å². The molecule has 0 heterocycles. The van der Waals surface area contributed by atoms with E-state index in [1.54, 1.807) is 12.1 Å². The van der Waals surface area contributed by atoms with Gasteiger partial charge in [0.1, 0.15) is 6.61 Å². The van der Waals surface area contributed by atoms with Gasteiger partial charge in [0.15, 0.2) is 0 Å². The molecular formula is C15H22NaO8S2-. The SMILES string of the molecule is CC(C)(COS(=O)(=O)CCC[S-](=O)=O)C(=O)OCc1ccccc1.[Na+].[OH-]. The molecule has 0 aliphatic carbocycles. The average molecular weight is 417 g/mol. The summed E-state index contributed by atoms with van der Waals surface area (Å²) < 4.78 is 54.1. The molecule has 0 fully saturated rings. The molecule has 0 amide bonds. The smallest absolute Gasteiger partial charge is 0.870 e. The van der Waals surface area contributed by atoms with Crippen LogP contribution in [-0.4, -0.2) is 38.0 Å². The van der Waals surface area contributed by atoms with Crippen LogP contribution in [0.3, 0.4) is 0 Å². The van der Waals surface area contributed by atoms with Gasteiger partial charge >= 0.3 is 35.5 Å². The molecule has 0 aliphatic heterocycles. The Morgan fingerprint density at radius 3 is 2.27 bits per heavy atom. The fraction of sp³-hybridized carbons (Fsp3) is 0.533. The van der Waals surface area contributed by atoms with Gasteiger partial charge < -0.3 is 18.6 Å². The summed E-state index contributed by atoms with van der Waals surface area (Å²) >= 11 is 0. The molecule has 1 aromatic rings. The van der Waals surface area contributed by atoms with E-state index in [1.807, 2.05) is 18.2 Å². The molecule has 0 unspecified atom stereocenters. The van der Waals surface area contributed by atoms with Crippen LogP contribution in [0.2, 0.25) is 0 Å². The third-order valence-corrected chi connectivity index (χ3v) is 4.96. The Morgan fingerprint density at radius 2 is 1.73 bits per heavy atom. The van der Waals surface area contributed by atoms with Crippen molar-refractivity contribution in [3.05, 3.63) is 35.9 Å². The summed E-state index contributed by atoms with van der Waals surface area (Å²) in [5, 5.41) is 0. The molecule has 11 heteroatoms. The second kappa shape index (κ2) is 12.8. The van der Waals surface area contributed by atoms with Gasteiger partial charge in [0, 0.05) is 0 Å². The van der Waals surface area contributed by atoms with Crippen molar-refractivity contribution in [3.8, 4) is 0 Å². The van der Waals surface area contributed by atoms with Gasteiger partial charge in [-0.25, -0.2) is 0 Å². The monoisotopic (exact) mass is 417 g/mol. The summed E-state index contributed by atoms with van der Waals surface area (Å²) in [6.07, 6.45) is -0.0582. The predicted octanol–water partition coefficient (Wildman–Crippen LogP) is -1.37. The minimum atomic E-state index is -3.89. The van der Waals surface area contributed by atoms with E-state index in [-0.39, 0.29) is 60.4 Å². The number of esters is 1. The standard InChI is InChI=1S/C15H21O7S2.Na.H2O/c1-15(2,12-22-24(19,20)10-6-9-23(17)18)14(16)21-11-13-7-4-3-5-8-13;;/h3-5,7-8H,6,9-12H2,1-2H3;;1H2/q-1;+1;/p-1. The average Bonchev–Trinajstić information content (AvgIpc) is 2.51. The van der Waals surface area contributed by atoms with Gasteiger partial charge in [-0.1, -0.05) is 53.2 Å². The molecule has 0 saturated heterocycles. The third kappa shape index (κ3) is 11.3. The first kappa shape index (κ1) is 27.7. The molecule has 144 valence electrons. The first-order valence-corrected chi connectivity index (χ1v) is 10.1. The molecule has 1 N–H and O–H groups in total. The Kier molecular flexibility index (Phi) is 13.7. The van der Waals surface area contributed by atoms with Crippen molar-refractivity contribution in [2.24, 2.45) is 5.41 Å². The van der Waals surface area contributed by atoms with E-state index in [9.17, 15) is 21.6 Å². The van der Waals surface area contributed by atoms with Crippen molar-refractivity contribution in [2.75, 3.05) is 18.1 Å². The van der Waals surface area contributed by atoms with Crippen molar-refractivity contribution < 1.29 is 65.6 Å². The van der Waals surface area contributed by atoms with Gasteiger partial charge in [-0.15, -0.1) is 0 Å². The maximum atomic E-state index is 12.1. The minimum Gasteiger partial charge on any atom is -0.870 e. The van der Waals surface area contributed by atoms with Crippen molar-refractivity contribution in [1.82, 2.24) is 0 Å². The Labute approximate surface area is 177 Å². The van der Waals surface area contributed by atoms with Gasteiger partial charge in [0.25, 0.3) is 10.1 Å². The van der Waals surface area contributed by atoms with Crippen LogP contribution in [0.5, 0.6) is 0 Å². The van der Waals surface area contributed by atoms with E-state index in [0.717, 1.165) is 5.56 Å². The van der Waals surface area contributed by atoms with Crippen LogP contribution in [-0.2, 0) is 49.6 Å². The van der Waals surface area contributed by atoms with E-state index < -0.39 is 38.0 Å². The molecule has 0 aliphatic rings. The summed E-state index contributed by atoms with van der Waals surface area (Å²) in [5.74, 6) is -1.26. The van der Waals surface area contributed by atoms with Crippen LogP contribution in [0.4, 0.5) is 0 Å². The summed E-state index contributed by atoms with van der Waals surface area (Å²) in [5.41, 5.74) is -0.329. The third-order valence-electron chi connectivity index (χ3n) is 3.07.